The highest BCUT2D eigenvalue weighted by atomic mass is 16.5. The monoisotopic (exact) mass is 413 g/mol. The van der Waals surface area contributed by atoms with Crippen LogP contribution in [0.25, 0.3) is 0 Å². The van der Waals surface area contributed by atoms with Crippen LogP contribution in [-0.2, 0) is 19.1 Å². The van der Waals surface area contributed by atoms with Gasteiger partial charge in [-0.3, -0.25) is 19.3 Å². The largest absolute Gasteiger partial charge is 0.497 e. The minimum absolute atomic E-state index is 0.241. The summed E-state index contributed by atoms with van der Waals surface area (Å²) in [5.74, 6) is -1.31. The van der Waals surface area contributed by atoms with Crippen molar-refractivity contribution in [3.8, 4) is 5.75 Å². The van der Waals surface area contributed by atoms with Gasteiger partial charge in [0.05, 0.1) is 18.9 Å². The fraction of sp³-hybridized carbons (Fsp3) is 0.565. The van der Waals surface area contributed by atoms with Crippen LogP contribution in [-0.4, -0.2) is 48.2 Å². The van der Waals surface area contributed by atoms with Crippen LogP contribution in [0.2, 0.25) is 0 Å². The number of amides is 2. The number of Topliss-reactive ketones (excluding diaryl/α,β-unsaturated/α-hetero) is 1. The topological polar surface area (TPSA) is 90.0 Å². The first kappa shape index (κ1) is 20.6. The number of rotatable bonds is 7. The summed E-state index contributed by atoms with van der Waals surface area (Å²) in [6, 6.07) is 5.50. The first-order chi connectivity index (χ1) is 14.3. The van der Waals surface area contributed by atoms with E-state index < -0.39 is 18.6 Å². The van der Waals surface area contributed by atoms with Gasteiger partial charge in [0, 0.05) is 5.56 Å². The molecule has 3 aliphatic rings. The van der Waals surface area contributed by atoms with Gasteiger partial charge in [-0.15, -0.1) is 0 Å². The third kappa shape index (κ3) is 3.30. The third-order valence-electron chi connectivity index (χ3n) is 6.87. The second-order valence-electron chi connectivity index (χ2n) is 8.88. The van der Waals surface area contributed by atoms with Gasteiger partial charge in [0.15, 0.2) is 12.4 Å². The van der Waals surface area contributed by atoms with Crippen molar-refractivity contribution in [3.05, 3.63) is 29.8 Å². The number of esters is 1. The molecule has 1 aromatic carbocycles. The minimum Gasteiger partial charge on any atom is -0.497 e. The van der Waals surface area contributed by atoms with Crippen molar-refractivity contribution in [2.24, 2.45) is 29.6 Å². The van der Waals surface area contributed by atoms with E-state index in [-0.39, 0.29) is 47.2 Å². The predicted octanol–water partition coefficient (Wildman–Crippen LogP) is 2.48. The molecule has 2 bridgehead atoms. The molecular weight excluding hydrogens is 386 g/mol. The van der Waals surface area contributed by atoms with Crippen molar-refractivity contribution in [1.82, 2.24) is 4.90 Å². The van der Waals surface area contributed by atoms with E-state index in [9.17, 15) is 19.2 Å². The zero-order valence-corrected chi connectivity index (χ0v) is 17.5. The molecule has 0 unspecified atom stereocenters. The number of carbonyl (C=O) groups is 4. The molecule has 160 valence electrons. The lowest BCUT2D eigenvalue weighted by Crippen LogP contribution is -2.50. The Morgan fingerprint density at radius 1 is 1.03 bits per heavy atom. The molecule has 7 nitrogen and oxygen atoms in total. The van der Waals surface area contributed by atoms with Crippen molar-refractivity contribution < 1.29 is 28.7 Å². The lowest BCUT2D eigenvalue weighted by atomic mass is 9.81. The molecule has 0 radical (unpaired) electrons. The molecule has 7 heteroatoms. The van der Waals surface area contributed by atoms with Crippen molar-refractivity contribution in [3.63, 3.8) is 0 Å². The number of imide groups is 1. The zero-order chi connectivity index (χ0) is 21.6. The SMILES string of the molecule is COc1ccc(C(=O)COC(=O)[C@@H](C(C)C)N2C(=O)[C@H]3[C@H]4CC[C@@H](C4)[C@@H]3C2=O)cc1. The van der Waals surface area contributed by atoms with E-state index in [4.69, 9.17) is 9.47 Å². The number of hydrogen-bond acceptors (Lipinski definition) is 6. The third-order valence-corrected chi connectivity index (χ3v) is 6.87. The van der Waals surface area contributed by atoms with Crippen LogP contribution in [0.1, 0.15) is 43.5 Å². The average Bonchev–Trinajstić information content (AvgIpc) is 3.42. The van der Waals surface area contributed by atoms with Gasteiger partial charge in [0.25, 0.3) is 0 Å². The zero-order valence-electron chi connectivity index (χ0n) is 17.5. The Kier molecular flexibility index (Phi) is 5.38. The van der Waals surface area contributed by atoms with E-state index in [0.717, 1.165) is 24.2 Å². The molecule has 0 spiro atoms. The van der Waals surface area contributed by atoms with Gasteiger partial charge in [-0.1, -0.05) is 13.8 Å². The summed E-state index contributed by atoms with van der Waals surface area (Å²) in [6.07, 6.45) is 2.89. The van der Waals surface area contributed by atoms with E-state index >= 15 is 0 Å². The lowest BCUT2D eigenvalue weighted by molar-refractivity contribution is -0.160. The van der Waals surface area contributed by atoms with Crippen molar-refractivity contribution in [2.45, 2.75) is 39.2 Å². The lowest BCUT2D eigenvalue weighted by Gasteiger charge is -2.28. The molecule has 4 rings (SSSR count). The highest BCUT2D eigenvalue weighted by molar-refractivity contribution is 6.09. The van der Waals surface area contributed by atoms with Gasteiger partial charge in [0.2, 0.25) is 11.8 Å². The van der Waals surface area contributed by atoms with Gasteiger partial charge < -0.3 is 9.47 Å². The molecule has 5 atom stereocenters. The number of carbonyl (C=O) groups excluding carboxylic acids is 4. The van der Waals surface area contributed by atoms with E-state index in [2.05, 4.69) is 0 Å². The summed E-state index contributed by atoms with van der Waals surface area (Å²) >= 11 is 0. The van der Waals surface area contributed by atoms with Gasteiger partial charge >= 0.3 is 5.97 Å². The number of benzene rings is 1. The van der Waals surface area contributed by atoms with Crippen LogP contribution in [0.4, 0.5) is 0 Å². The van der Waals surface area contributed by atoms with Crippen LogP contribution in [0.5, 0.6) is 5.75 Å². The summed E-state index contributed by atoms with van der Waals surface area (Å²) in [4.78, 5) is 52.5. The first-order valence-corrected chi connectivity index (χ1v) is 10.5. The molecule has 1 heterocycles. The number of ether oxygens (including phenoxy) is 2. The fourth-order valence-electron chi connectivity index (χ4n) is 5.46. The fourth-order valence-corrected chi connectivity index (χ4v) is 5.46. The highest BCUT2D eigenvalue weighted by Crippen LogP contribution is 2.56. The summed E-state index contributed by atoms with van der Waals surface area (Å²) in [7, 11) is 1.53. The standard InChI is InChI=1S/C23H27NO6/c1-12(2)20(23(28)30-11-17(25)13-6-8-16(29-3)9-7-13)24-21(26)18-14-4-5-15(10-14)19(18)22(24)27/h6-9,12,14-15,18-20H,4-5,10-11H2,1-3H3/t14-,15-,18-,19-,20+/m0/s1. The molecule has 30 heavy (non-hydrogen) atoms. The van der Waals surface area contributed by atoms with Crippen LogP contribution in [0.3, 0.4) is 0 Å². The maximum atomic E-state index is 13.1. The first-order valence-electron chi connectivity index (χ1n) is 10.5. The molecular formula is C23H27NO6. The van der Waals surface area contributed by atoms with Crippen molar-refractivity contribution in [2.75, 3.05) is 13.7 Å². The summed E-state index contributed by atoms with van der Waals surface area (Å²) in [5, 5.41) is 0. The normalized spacial score (nSPS) is 28.1. The van der Waals surface area contributed by atoms with E-state index in [0.29, 0.717) is 11.3 Å². The quantitative estimate of drug-likeness (QED) is 0.388. The van der Waals surface area contributed by atoms with Crippen molar-refractivity contribution in [1.29, 1.82) is 0 Å². The summed E-state index contributed by atoms with van der Waals surface area (Å²) < 4.78 is 10.3. The van der Waals surface area contributed by atoms with Gasteiger partial charge in [-0.2, -0.15) is 0 Å². The summed E-state index contributed by atoms with van der Waals surface area (Å²) in [6.45, 7) is 3.11. The smallest absolute Gasteiger partial charge is 0.330 e. The molecule has 0 N–H and O–H groups in total. The van der Waals surface area contributed by atoms with Crippen LogP contribution >= 0.6 is 0 Å². The number of nitrogens with zero attached hydrogens (tertiary/aromatic N) is 1. The summed E-state index contributed by atoms with van der Waals surface area (Å²) in [5.41, 5.74) is 0.393. The van der Waals surface area contributed by atoms with E-state index in [1.165, 1.54) is 7.11 Å². The van der Waals surface area contributed by atoms with E-state index in [1.807, 2.05) is 0 Å². The number of likely N-dealkylation sites (tertiary alicyclic amines) is 1. The Balaban J connectivity index is 1.45. The van der Waals surface area contributed by atoms with Gasteiger partial charge in [-0.05, 0) is 61.3 Å². The molecule has 2 saturated carbocycles. The molecule has 1 aliphatic heterocycles. The molecule has 2 amide bonds. The number of ketones is 1. The minimum atomic E-state index is -1.00. The molecule has 1 saturated heterocycles. The Morgan fingerprint density at radius 3 is 2.10 bits per heavy atom. The van der Waals surface area contributed by atoms with E-state index in [1.54, 1.807) is 38.1 Å². The number of fused-ring (bicyclic) bond motifs is 5. The highest BCUT2D eigenvalue weighted by Gasteiger charge is 2.62. The second kappa shape index (κ2) is 7.85. The van der Waals surface area contributed by atoms with Crippen LogP contribution in [0.15, 0.2) is 24.3 Å². The van der Waals surface area contributed by atoms with Crippen LogP contribution < -0.4 is 4.74 Å². The number of hydrogen-bond donors (Lipinski definition) is 0. The van der Waals surface area contributed by atoms with Crippen molar-refractivity contribution >= 4 is 23.6 Å². The Bertz CT molecular complexity index is 848. The predicted molar refractivity (Wildman–Crippen MR) is 107 cm³/mol. The van der Waals surface area contributed by atoms with Gasteiger partial charge in [-0.25, -0.2) is 4.79 Å². The molecule has 0 aromatic heterocycles. The molecule has 2 aliphatic carbocycles. The maximum Gasteiger partial charge on any atom is 0.330 e. The number of methoxy groups -OCH3 is 1. The average molecular weight is 413 g/mol. The Morgan fingerprint density at radius 2 is 1.60 bits per heavy atom. The van der Waals surface area contributed by atoms with Crippen LogP contribution in [0, 0.1) is 29.6 Å². The second-order valence-corrected chi connectivity index (χ2v) is 8.88. The maximum absolute atomic E-state index is 13.1. The molecule has 1 aromatic rings. The van der Waals surface area contributed by atoms with Gasteiger partial charge in [0.1, 0.15) is 11.8 Å². The molecule has 3 fully saturated rings. The Hall–Kier alpha value is -2.70. The Labute approximate surface area is 175 Å².